The lowest BCUT2D eigenvalue weighted by Gasteiger charge is -2.12. The third kappa shape index (κ3) is 4.02. The third-order valence-electron chi connectivity index (χ3n) is 3.82. The summed E-state index contributed by atoms with van der Waals surface area (Å²) in [6, 6.07) is 2.95. The van der Waals surface area contributed by atoms with Crippen LogP contribution in [-0.4, -0.2) is 21.0 Å². The highest BCUT2D eigenvalue weighted by Gasteiger charge is 2.37. The fraction of sp³-hybridized carbons (Fsp3) is 0.600. The Morgan fingerprint density at radius 3 is 2.62 bits per heavy atom. The standard InChI is InChI=1S/C15H23FN2O2S/c1-4-5-17-9-12-7-13(16)11(3)15(8-12)21(19,20)18-14-6-10(14)2/h7-8,10,14,17-18H,4-6,9H2,1-3H3. The van der Waals surface area contributed by atoms with Crippen molar-refractivity contribution >= 4 is 10.0 Å². The first-order chi connectivity index (χ1) is 9.85. The van der Waals surface area contributed by atoms with Crippen LogP contribution in [-0.2, 0) is 16.6 Å². The van der Waals surface area contributed by atoms with E-state index in [1.54, 1.807) is 6.07 Å². The van der Waals surface area contributed by atoms with Crippen LogP contribution in [0.15, 0.2) is 17.0 Å². The van der Waals surface area contributed by atoms with Crippen LogP contribution in [0.4, 0.5) is 4.39 Å². The topological polar surface area (TPSA) is 58.2 Å². The highest BCUT2D eigenvalue weighted by molar-refractivity contribution is 7.89. The van der Waals surface area contributed by atoms with Crippen LogP contribution in [0.2, 0.25) is 0 Å². The number of hydrogen-bond acceptors (Lipinski definition) is 3. The molecule has 0 saturated heterocycles. The molecule has 2 N–H and O–H groups in total. The van der Waals surface area contributed by atoms with Gasteiger partial charge in [0.05, 0.1) is 4.90 Å². The summed E-state index contributed by atoms with van der Waals surface area (Å²) in [7, 11) is -3.65. The van der Waals surface area contributed by atoms with Crippen LogP contribution in [0.5, 0.6) is 0 Å². The molecule has 1 saturated carbocycles. The van der Waals surface area contributed by atoms with Gasteiger partial charge in [0, 0.05) is 18.2 Å². The first-order valence-electron chi connectivity index (χ1n) is 7.37. The maximum absolute atomic E-state index is 14.0. The number of benzene rings is 1. The van der Waals surface area contributed by atoms with Gasteiger partial charge in [-0.1, -0.05) is 13.8 Å². The summed E-state index contributed by atoms with van der Waals surface area (Å²) in [5.74, 6) is -0.116. The molecule has 118 valence electrons. The van der Waals surface area contributed by atoms with E-state index in [1.165, 1.54) is 13.0 Å². The Labute approximate surface area is 126 Å². The smallest absolute Gasteiger partial charge is 0.241 e. The quantitative estimate of drug-likeness (QED) is 0.759. The van der Waals surface area contributed by atoms with Gasteiger partial charge in [0.1, 0.15) is 5.82 Å². The zero-order chi connectivity index (χ0) is 15.6. The van der Waals surface area contributed by atoms with Crippen molar-refractivity contribution in [3.05, 3.63) is 29.1 Å². The maximum Gasteiger partial charge on any atom is 0.241 e. The molecule has 0 aromatic heterocycles. The van der Waals surface area contributed by atoms with Crippen molar-refractivity contribution in [3.63, 3.8) is 0 Å². The summed E-state index contributed by atoms with van der Waals surface area (Å²) >= 11 is 0. The monoisotopic (exact) mass is 314 g/mol. The molecule has 0 bridgehead atoms. The number of hydrogen-bond donors (Lipinski definition) is 2. The van der Waals surface area contributed by atoms with Crippen LogP contribution >= 0.6 is 0 Å². The van der Waals surface area contributed by atoms with Crippen molar-refractivity contribution in [1.29, 1.82) is 0 Å². The van der Waals surface area contributed by atoms with E-state index in [4.69, 9.17) is 0 Å². The fourth-order valence-corrected chi connectivity index (χ4v) is 3.91. The molecular formula is C15H23FN2O2S. The summed E-state index contributed by atoms with van der Waals surface area (Å²) in [6.45, 7) is 6.82. The van der Waals surface area contributed by atoms with Crippen molar-refractivity contribution in [1.82, 2.24) is 10.0 Å². The summed E-state index contributed by atoms with van der Waals surface area (Å²) in [6.07, 6.45) is 1.82. The number of halogens is 1. The van der Waals surface area contributed by atoms with Crippen LogP contribution < -0.4 is 10.0 Å². The predicted octanol–water partition coefficient (Wildman–Crippen LogP) is 2.32. The van der Waals surface area contributed by atoms with Gasteiger partial charge in [-0.05, 0) is 49.9 Å². The van der Waals surface area contributed by atoms with E-state index in [0.717, 1.165) is 19.4 Å². The first kappa shape index (κ1) is 16.4. The molecule has 1 fully saturated rings. The van der Waals surface area contributed by atoms with E-state index in [2.05, 4.69) is 10.0 Å². The molecule has 0 spiro atoms. The molecule has 0 aliphatic heterocycles. The average Bonchev–Trinajstić information content (AvgIpc) is 3.08. The minimum atomic E-state index is -3.65. The zero-order valence-electron chi connectivity index (χ0n) is 12.7. The SMILES string of the molecule is CCCNCc1cc(F)c(C)c(S(=O)(=O)NC2CC2C)c1. The van der Waals surface area contributed by atoms with E-state index in [-0.39, 0.29) is 16.5 Å². The molecule has 2 rings (SSSR count). The Hall–Kier alpha value is -0.980. The van der Waals surface area contributed by atoms with Gasteiger partial charge in [-0.15, -0.1) is 0 Å². The molecule has 0 heterocycles. The Balaban J connectivity index is 2.24. The molecule has 4 nitrogen and oxygen atoms in total. The predicted molar refractivity (Wildman–Crippen MR) is 81.0 cm³/mol. The minimum absolute atomic E-state index is 0.0145. The maximum atomic E-state index is 14.0. The summed E-state index contributed by atoms with van der Waals surface area (Å²) in [5, 5.41) is 3.15. The number of rotatable bonds is 7. The van der Waals surface area contributed by atoms with Crippen LogP contribution in [0.1, 0.15) is 37.8 Å². The Morgan fingerprint density at radius 1 is 1.38 bits per heavy atom. The van der Waals surface area contributed by atoms with Gasteiger partial charge in [-0.25, -0.2) is 17.5 Å². The normalized spacial score (nSPS) is 21.5. The average molecular weight is 314 g/mol. The molecule has 0 amide bonds. The summed E-state index contributed by atoms with van der Waals surface area (Å²) in [4.78, 5) is 0.0508. The molecule has 0 radical (unpaired) electrons. The molecule has 2 unspecified atom stereocenters. The Kier molecular flexibility index (Phi) is 5.01. The number of sulfonamides is 1. The summed E-state index contributed by atoms with van der Waals surface area (Å²) in [5.41, 5.74) is 0.825. The van der Waals surface area contributed by atoms with Gasteiger partial charge in [0.15, 0.2) is 0 Å². The van der Waals surface area contributed by atoms with Gasteiger partial charge in [0.2, 0.25) is 10.0 Å². The van der Waals surface area contributed by atoms with Gasteiger partial charge in [-0.2, -0.15) is 0 Å². The molecule has 21 heavy (non-hydrogen) atoms. The molecular weight excluding hydrogens is 291 g/mol. The second-order valence-electron chi connectivity index (χ2n) is 5.82. The minimum Gasteiger partial charge on any atom is -0.313 e. The Bertz CT molecular complexity index is 616. The molecule has 1 aromatic carbocycles. The van der Waals surface area contributed by atoms with E-state index < -0.39 is 15.8 Å². The van der Waals surface area contributed by atoms with Crippen molar-refractivity contribution < 1.29 is 12.8 Å². The zero-order valence-corrected chi connectivity index (χ0v) is 13.6. The third-order valence-corrected chi connectivity index (χ3v) is 5.43. The molecule has 6 heteroatoms. The van der Waals surface area contributed by atoms with Gasteiger partial charge in [0.25, 0.3) is 0 Å². The van der Waals surface area contributed by atoms with E-state index in [9.17, 15) is 12.8 Å². The largest absolute Gasteiger partial charge is 0.313 e. The lowest BCUT2D eigenvalue weighted by atomic mass is 10.1. The van der Waals surface area contributed by atoms with Crippen molar-refractivity contribution in [2.45, 2.75) is 51.1 Å². The van der Waals surface area contributed by atoms with Gasteiger partial charge in [-0.3, -0.25) is 0 Å². The summed E-state index contributed by atoms with van der Waals surface area (Å²) < 4.78 is 41.4. The lowest BCUT2D eigenvalue weighted by Crippen LogP contribution is -2.28. The number of nitrogens with one attached hydrogen (secondary N) is 2. The van der Waals surface area contributed by atoms with Crippen LogP contribution in [0.25, 0.3) is 0 Å². The molecule has 1 aromatic rings. The van der Waals surface area contributed by atoms with Crippen molar-refractivity contribution in [3.8, 4) is 0 Å². The lowest BCUT2D eigenvalue weighted by molar-refractivity contribution is 0.570. The van der Waals surface area contributed by atoms with Crippen molar-refractivity contribution in [2.24, 2.45) is 5.92 Å². The molecule has 1 aliphatic rings. The highest BCUT2D eigenvalue weighted by atomic mass is 32.2. The second kappa shape index (κ2) is 6.42. The molecule has 1 aliphatic carbocycles. The van der Waals surface area contributed by atoms with Gasteiger partial charge < -0.3 is 5.32 Å². The van der Waals surface area contributed by atoms with E-state index in [1.807, 2.05) is 13.8 Å². The van der Waals surface area contributed by atoms with Crippen molar-refractivity contribution in [2.75, 3.05) is 6.54 Å². The van der Waals surface area contributed by atoms with Crippen LogP contribution in [0, 0.1) is 18.7 Å². The Morgan fingerprint density at radius 2 is 2.05 bits per heavy atom. The fourth-order valence-electron chi connectivity index (χ4n) is 2.25. The second-order valence-corrected chi connectivity index (χ2v) is 7.50. The van der Waals surface area contributed by atoms with E-state index in [0.29, 0.717) is 18.0 Å². The molecule has 2 atom stereocenters. The van der Waals surface area contributed by atoms with E-state index >= 15 is 0 Å². The first-order valence-corrected chi connectivity index (χ1v) is 8.85. The van der Waals surface area contributed by atoms with Gasteiger partial charge >= 0.3 is 0 Å². The highest BCUT2D eigenvalue weighted by Crippen LogP contribution is 2.31. The van der Waals surface area contributed by atoms with Crippen LogP contribution in [0.3, 0.4) is 0 Å².